The first-order chi connectivity index (χ1) is 7.65. The van der Waals surface area contributed by atoms with E-state index in [-0.39, 0.29) is 11.2 Å². The lowest BCUT2D eigenvalue weighted by Gasteiger charge is -2.25. The van der Waals surface area contributed by atoms with Crippen LogP contribution in [-0.4, -0.2) is 19.1 Å². The molecule has 0 aliphatic carbocycles. The van der Waals surface area contributed by atoms with Gasteiger partial charge in [-0.2, -0.15) is 0 Å². The van der Waals surface area contributed by atoms with Crippen LogP contribution in [0.3, 0.4) is 0 Å². The van der Waals surface area contributed by atoms with Crippen LogP contribution in [0.5, 0.6) is 0 Å². The number of rotatable bonds is 3. The Bertz CT molecular complexity index is 377. The van der Waals surface area contributed by atoms with Gasteiger partial charge in [-0.1, -0.05) is 15.9 Å². The van der Waals surface area contributed by atoms with Crippen molar-refractivity contribution >= 4 is 27.5 Å². The molecule has 1 aliphatic heterocycles. The van der Waals surface area contributed by atoms with Gasteiger partial charge < -0.3 is 4.74 Å². The third kappa shape index (κ3) is 2.58. The summed E-state index contributed by atoms with van der Waals surface area (Å²) in [6.07, 6.45) is 1.70. The molecular formula is C12H13BrClFO. The van der Waals surface area contributed by atoms with Crippen molar-refractivity contribution in [2.45, 2.75) is 12.8 Å². The highest BCUT2D eigenvalue weighted by atomic mass is 79.9. The van der Waals surface area contributed by atoms with Crippen LogP contribution in [0.25, 0.3) is 0 Å². The molecule has 0 spiro atoms. The Kier molecular flexibility index (Phi) is 3.88. The van der Waals surface area contributed by atoms with Crippen molar-refractivity contribution in [1.82, 2.24) is 0 Å². The van der Waals surface area contributed by atoms with Crippen molar-refractivity contribution in [2.24, 2.45) is 5.41 Å². The topological polar surface area (TPSA) is 9.23 Å². The zero-order chi connectivity index (χ0) is 11.6. The molecule has 16 heavy (non-hydrogen) atoms. The van der Waals surface area contributed by atoms with E-state index < -0.39 is 0 Å². The number of alkyl halides is 1. The molecule has 0 radical (unpaired) electrons. The quantitative estimate of drug-likeness (QED) is 0.772. The minimum absolute atomic E-state index is 0.0299. The third-order valence-corrected chi connectivity index (χ3v) is 4.38. The Morgan fingerprint density at radius 1 is 1.50 bits per heavy atom. The lowest BCUT2D eigenvalue weighted by atomic mass is 9.83. The van der Waals surface area contributed by atoms with Crippen molar-refractivity contribution in [3.63, 3.8) is 0 Å². The summed E-state index contributed by atoms with van der Waals surface area (Å²) in [7, 11) is 0. The highest BCUT2D eigenvalue weighted by Gasteiger charge is 2.34. The van der Waals surface area contributed by atoms with Crippen LogP contribution >= 0.6 is 27.5 Å². The summed E-state index contributed by atoms with van der Waals surface area (Å²) in [6.45, 7) is 1.42. The molecule has 0 amide bonds. The fourth-order valence-corrected chi connectivity index (χ4v) is 2.72. The van der Waals surface area contributed by atoms with Crippen LogP contribution in [0, 0.1) is 11.2 Å². The predicted octanol–water partition coefficient (Wildman–Crippen LogP) is 3.78. The van der Waals surface area contributed by atoms with Gasteiger partial charge in [0.1, 0.15) is 5.82 Å². The largest absolute Gasteiger partial charge is 0.381 e. The van der Waals surface area contributed by atoms with Gasteiger partial charge in [-0.3, -0.25) is 0 Å². The van der Waals surface area contributed by atoms with Crippen LogP contribution in [0.1, 0.15) is 12.0 Å². The van der Waals surface area contributed by atoms with Crippen LogP contribution in [0.15, 0.2) is 22.7 Å². The Hall–Kier alpha value is -0.120. The fraction of sp³-hybridized carbons (Fsp3) is 0.500. The second-order valence-electron chi connectivity index (χ2n) is 4.35. The maximum atomic E-state index is 13.2. The molecule has 0 aromatic heterocycles. The van der Waals surface area contributed by atoms with Crippen LogP contribution < -0.4 is 0 Å². The van der Waals surface area contributed by atoms with Crippen molar-refractivity contribution in [3.8, 4) is 0 Å². The standard InChI is InChI=1S/C12H13BrClFO/c13-11-2-1-10(15)5-9(11)6-12(7-14)3-4-16-8-12/h1-2,5H,3-4,6-8H2. The number of ether oxygens (including phenoxy) is 1. The summed E-state index contributed by atoms with van der Waals surface area (Å²) in [5, 5.41) is 0. The van der Waals surface area contributed by atoms with E-state index in [0.29, 0.717) is 12.5 Å². The maximum absolute atomic E-state index is 13.2. The summed E-state index contributed by atoms with van der Waals surface area (Å²) in [5.74, 6) is 0.345. The summed E-state index contributed by atoms with van der Waals surface area (Å²) < 4.78 is 19.5. The summed E-state index contributed by atoms with van der Waals surface area (Å²) >= 11 is 9.46. The van der Waals surface area contributed by atoms with Gasteiger partial charge in [0, 0.05) is 22.4 Å². The minimum atomic E-state index is -0.207. The Balaban J connectivity index is 2.21. The molecule has 0 saturated carbocycles. The minimum Gasteiger partial charge on any atom is -0.381 e. The van der Waals surface area contributed by atoms with E-state index in [9.17, 15) is 4.39 Å². The van der Waals surface area contributed by atoms with Gasteiger partial charge in [0.05, 0.1) is 6.61 Å². The normalized spacial score (nSPS) is 24.9. The zero-order valence-electron chi connectivity index (χ0n) is 8.81. The third-order valence-electron chi connectivity index (χ3n) is 3.04. The molecule has 1 aromatic rings. The van der Waals surface area contributed by atoms with Gasteiger partial charge >= 0.3 is 0 Å². The lowest BCUT2D eigenvalue weighted by Crippen LogP contribution is -2.26. The monoisotopic (exact) mass is 306 g/mol. The van der Waals surface area contributed by atoms with Crippen LogP contribution in [0.2, 0.25) is 0 Å². The molecule has 1 nitrogen and oxygen atoms in total. The van der Waals surface area contributed by atoms with Crippen molar-refractivity contribution in [2.75, 3.05) is 19.1 Å². The summed E-state index contributed by atoms with van der Waals surface area (Å²) in [4.78, 5) is 0. The first-order valence-corrected chi connectivity index (χ1v) is 6.56. The molecule has 1 unspecified atom stereocenters. The zero-order valence-corrected chi connectivity index (χ0v) is 11.2. The molecule has 0 bridgehead atoms. The second-order valence-corrected chi connectivity index (χ2v) is 5.47. The van der Waals surface area contributed by atoms with Crippen LogP contribution in [-0.2, 0) is 11.2 Å². The van der Waals surface area contributed by atoms with Crippen molar-refractivity contribution in [3.05, 3.63) is 34.1 Å². The van der Waals surface area contributed by atoms with E-state index in [0.717, 1.165) is 29.5 Å². The number of hydrogen-bond donors (Lipinski definition) is 0. The van der Waals surface area contributed by atoms with E-state index in [1.807, 2.05) is 0 Å². The molecule has 88 valence electrons. The number of benzene rings is 1. The summed E-state index contributed by atoms with van der Waals surface area (Å²) in [5.41, 5.74) is 0.934. The van der Waals surface area contributed by atoms with Gasteiger partial charge in [-0.05, 0) is 36.6 Å². The molecule has 4 heteroatoms. The second kappa shape index (κ2) is 5.03. The molecule has 0 N–H and O–H groups in total. The Morgan fingerprint density at radius 3 is 2.94 bits per heavy atom. The molecule has 2 rings (SSSR count). The molecule has 1 heterocycles. The Labute approximate surface area is 108 Å². The summed E-state index contributed by atoms with van der Waals surface area (Å²) in [6, 6.07) is 4.76. The molecule has 1 fully saturated rings. The maximum Gasteiger partial charge on any atom is 0.123 e. The average molecular weight is 308 g/mol. The molecule has 1 aliphatic rings. The average Bonchev–Trinajstić information content (AvgIpc) is 2.73. The smallest absolute Gasteiger partial charge is 0.123 e. The van der Waals surface area contributed by atoms with Crippen LogP contribution in [0.4, 0.5) is 4.39 Å². The van der Waals surface area contributed by atoms with Gasteiger partial charge in [0.25, 0.3) is 0 Å². The van der Waals surface area contributed by atoms with Gasteiger partial charge in [-0.15, -0.1) is 11.6 Å². The fourth-order valence-electron chi connectivity index (χ4n) is 2.02. The van der Waals surface area contributed by atoms with E-state index in [1.165, 1.54) is 6.07 Å². The van der Waals surface area contributed by atoms with Crippen molar-refractivity contribution < 1.29 is 9.13 Å². The highest BCUT2D eigenvalue weighted by Crippen LogP contribution is 2.35. The predicted molar refractivity (Wildman–Crippen MR) is 66.4 cm³/mol. The Morgan fingerprint density at radius 2 is 2.31 bits per heavy atom. The number of halogens is 3. The van der Waals surface area contributed by atoms with Gasteiger partial charge in [0.2, 0.25) is 0 Å². The first-order valence-electron chi connectivity index (χ1n) is 5.23. The van der Waals surface area contributed by atoms with E-state index >= 15 is 0 Å². The molecule has 1 aromatic carbocycles. The van der Waals surface area contributed by atoms with Gasteiger partial charge in [0.15, 0.2) is 0 Å². The SMILES string of the molecule is Fc1ccc(Br)c(CC2(CCl)CCOC2)c1. The highest BCUT2D eigenvalue weighted by molar-refractivity contribution is 9.10. The number of hydrogen-bond acceptors (Lipinski definition) is 1. The first kappa shape index (κ1) is 12.3. The molecule has 1 saturated heterocycles. The van der Waals surface area contributed by atoms with E-state index in [1.54, 1.807) is 12.1 Å². The van der Waals surface area contributed by atoms with E-state index in [2.05, 4.69) is 15.9 Å². The van der Waals surface area contributed by atoms with E-state index in [4.69, 9.17) is 16.3 Å². The lowest BCUT2D eigenvalue weighted by molar-refractivity contribution is 0.161. The van der Waals surface area contributed by atoms with Gasteiger partial charge in [-0.25, -0.2) is 4.39 Å². The van der Waals surface area contributed by atoms with Crippen molar-refractivity contribution in [1.29, 1.82) is 0 Å². The molecule has 1 atom stereocenters. The molecular weight excluding hydrogens is 294 g/mol.